The maximum Gasteiger partial charge on any atom is 0.281 e. The van der Waals surface area contributed by atoms with Crippen molar-refractivity contribution in [1.82, 2.24) is 0 Å². The van der Waals surface area contributed by atoms with Crippen LogP contribution in [0, 0.1) is 20.8 Å². The van der Waals surface area contributed by atoms with Crippen LogP contribution in [0.15, 0.2) is 102 Å². The monoisotopic (exact) mass is 499 g/mol. The van der Waals surface area contributed by atoms with E-state index in [-0.39, 0.29) is 4.90 Å². The lowest BCUT2D eigenvalue weighted by molar-refractivity contribution is -0.123. The summed E-state index contributed by atoms with van der Waals surface area (Å²) < 4.78 is 34.3. The minimum Gasteiger partial charge on any atom is -0.481 e. The number of anilines is 1. The lowest BCUT2D eigenvalue weighted by Gasteiger charge is -2.27. The second-order valence-electron chi connectivity index (χ2n) is 8.79. The highest BCUT2D eigenvalue weighted by Crippen LogP contribution is 2.30. The van der Waals surface area contributed by atoms with Gasteiger partial charge in [-0.3, -0.25) is 4.79 Å². The fourth-order valence-corrected chi connectivity index (χ4v) is 5.45. The van der Waals surface area contributed by atoms with E-state index in [1.807, 2.05) is 69.3 Å². The highest BCUT2D eigenvalue weighted by molar-refractivity contribution is 7.93. The molecule has 5 nitrogen and oxygen atoms in total. The molecule has 4 rings (SSSR count). The molecule has 4 aromatic carbocycles. The predicted octanol–water partition coefficient (Wildman–Crippen LogP) is 6.47. The van der Waals surface area contributed by atoms with Crippen molar-refractivity contribution in [3.05, 3.63) is 114 Å². The van der Waals surface area contributed by atoms with Crippen molar-refractivity contribution in [2.24, 2.45) is 0 Å². The van der Waals surface area contributed by atoms with Gasteiger partial charge in [-0.25, -0.2) is 8.42 Å². The van der Waals surface area contributed by atoms with Crippen LogP contribution in [-0.2, 0) is 14.8 Å². The lowest BCUT2D eigenvalue weighted by Crippen LogP contribution is -2.44. The third kappa shape index (κ3) is 5.19. The Morgan fingerprint density at radius 1 is 0.750 bits per heavy atom. The molecule has 0 aliphatic carbocycles. The summed E-state index contributed by atoms with van der Waals surface area (Å²) in [5.74, 6) is -0.194. The molecule has 0 bridgehead atoms. The Balaban J connectivity index is 1.67. The van der Waals surface area contributed by atoms with Crippen LogP contribution < -0.4 is 9.04 Å². The Kier molecular flexibility index (Phi) is 7.27. The molecule has 1 unspecified atom stereocenters. The zero-order valence-corrected chi connectivity index (χ0v) is 21.6. The molecule has 0 saturated heterocycles. The molecule has 0 aliphatic heterocycles. The SMILES string of the molecule is Cc1ccc(S(=O)(=O)N(C(=O)C(C)Oc2ccc(-c3ccccc3)cc2)c2cccc(C)c2C)cc1. The number of sulfonamides is 1. The van der Waals surface area contributed by atoms with Crippen molar-refractivity contribution in [2.45, 2.75) is 38.7 Å². The van der Waals surface area contributed by atoms with E-state index in [4.69, 9.17) is 4.74 Å². The van der Waals surface area contributed by atoms with Crippen molar-refractivity contribution in [2.75, 3.05) is 4.31 Å². The third-order valence-electron chi connectivity index (χ3n) is 6.18. The van der Waals surface area contributed by atoms with E-state index in [1.165, 1.54) is 12.1 Å². The Hall–Kier alpha value is -3.90. The molecule has 6 heteroatoms. The maximum absolute atomic E-state index is 13.8. The zero-order chi connectivity index (χ0) is 25.9. The minimum atomic E-state index is -4.19. The van der Waals surface area contributed by atoms with E-state index < -0.39 is 22.0 Å². The van der Waals surface area contributed by atoms with Crippen LogP contribution in [0.2, 0.25) is 0 Å². The number of amides is 1. The van der Waals surface area contributed by atoms with Crippen LogP contribution in [-0.4, -0.2) is 20.4 Å². The largest absolute Gasteiger partial charge is 0.481 e. The predicted molar refractivity (Wildman–Crippen MR) is 144 cm³/mol. The Bertz CT molecular complexity index is 1460. The van der Waals surface area contributed by atoms with Crippen LogP contribution in [0.4, 0.5) is 5.69 Å². The molecule has 0 N–H and O–H groups in total. The second-order valence-corrected chi connectivity index (χ2v) is 10.6. The quantitative estimate of drug-likeness (QED) is 0.292. The van der Waals surface area contributed by atoms with E-state index in [0.717, 1.165) is 26.6 Å². The highest BCUT2D eigenvalue weighted by Gasteiger charge is 2.35. The Morgan fingerprint density at radius 2 is 1.36 bits per heavy atom. The van der Waals surface area contributed by atoms with E-state index in [2.05, 4.69) is 0 Å². The van der Waals surface area contributed by atoms with Crippen LogP contribution in [0.5, 0.6) is 5.75 Å². The minimum absolute atomic E-state index is 0.0433. The van der Waals surface area contributed by atoms with E-state index in [9.17, 15) is 13.2 Å². The third-order valence-corrected chi connectivity index (χ3v) is 7.90. The number of rotatable bonds is 7. The molecule has 0 radical (unpaired) electrons. The first-order valence-electron chi connectivity index (χ1n) is 11.7. The van der Waals surface area contributed by atoms with Gasteiger partial charge in [-0.1, -0.05) is 72.3 Å². The summed E-state index contributed by atoms with van der Waals surface area (Å²) in [6.45, 7) is 7.14. The van der Waals surface area contributed by atoms with Gasteiger partial charge in [-0.05, 0) is 80.3 Å². The number of ether oxygens (including phenoxy) is 1. The van der Waals surface area contributed by atoms with Gasteiger partial charge in [-0.2, -0.15) is 4.31 Å². The van der Waals surface area contributed by atoms with E-state index >= 15 is 0 Å². The summed E-state index contributed by atoms with van der Waals surface area (Å²) in [6, 6.07) is 29.0. The smallest absolute Gasteiger partial charge is 0.281 e. The first-order chi connectivity index (χ1) is 17.2. The van der Waals surface area contributed by atoms with Crippen LogP contribution in [0.25, 0.3) is 11.1 Å². The van der Waals surface area contributed by atoms with Crippen LogP contribution in [0.1, 0.15) is 23.6 Å². The van der Waals surface area contributed by atoms with Gasteiger partial charge in [0.1, 0.15) is 5.75 Å². The second kappa shape index (κ2) is 10.4. The zero-order valence-electron chi connectivity index (χ0n) is 20.8. The maximum atomic E-state index is 13.8. The molecular formula is C30H29NO4S. The lowest BCUT2D eigenvalue weighted by atomic mass is 10.1. The summed E-state index contributed by atoms with van der Waals surface area (Å²) in [7, 11) is -4.19. The van der Waals surface area contributed by atoms with Crippen LogP contribution in [0.3, 0.4) is 0 Å². The van der Waals surface area contributed by atoms with Crippen LogP contribution >= 0.6 is 0 Å². The van der Waals surface area contributed by atoms with Crippen molar-refractivity contribution in [3.63, 3.8) is 0 Å². The van der Waals surface area contributed by atoms with Crippen molar-refractivity contribution >= 4 is 21.6 Å². The number of aryl methyl sites for hydroxylation is 2. The van der Waals surface area contributed by atoms with Crippen molar-refractivity contribution in [1.29, 1.82) is 0 Å². The van der Waals surface area contributed by atoms with Gasteiger partial charge in [0.25, 0.3) is 15.9 Å². The average Bonchev–Trinajstić information content (AvgIpc) is 2.88. The molecule has 4 aromatic rings. The molecule has 36 heavy (non-hydrogen) atoms. The summed E-state index contributed by atoms with van der Waals surface area (Å²) in [4.78, 5) is 13.8. The molecule has 1 amide bonds. The van der Waals surface area contributed by atoms with Gasteiger partial charge in [0.2, 0.25) is 0 Å². The summed E-state index contributed by atoms with van der Waals surface area (Å²) in [5, 5.41) is 0. The normalized spacial score (nSPS) is 12.1. The number of hydrogen-bond donors (Lipinski definition) is 0. The molecule has 0 aliphatic rings. The number of benzene rings is 4. The fourth-order valence-electron chi connectivity index (χ4n) is 3.91. The molecule has 0 fully saturated rings. The van der Waals surface area contributed by atoms with Gasteiger partial charge in [-0.15, -0.1) is 0 Å². The standard InChI is InChI=1S/C30H29NO4S/c1-21-13-19-28(20-14-21)36(33,34)31(29-12-8-9-22(2)23(29)3)30(32)24(4)35-27-17-15-26(16-18-27)25-10-6-5-7-11-25/h5-20,24H,1-4H3. The molecular weight excluding hydrogens is 470 g/mol. The van der Waals surface area contributed by atoms with Gasteiger partial charge >= 0.3 is 0 Å². The molecule has 184 valence electrons. The average molecular weight is 500 g/mol. The molecule has 0 heterocycles. The van der Waals surface area contributed by atoms with Gasteiger partial charge < -0.3 is 4.74 Å². The summed E-state index contributed by atoms with van der Waals surface area (Å²) in [5.41, 5.74) is 4.92. The van der Waals surface area contributed by atoms with Crippen molar-refractivity contribution < 1.29 is 17.9 Å². The molecule has 0 spiro atoms. The highest BCUT2D eigenvalue weighted by atomic mass is 32.2. The summed E-state index contributed by atoms with van der Waals surface area (Å²) >= 11 is 0. The molecule has 0 aromatic heterocycles. The number of nitrogens with zero attached hydrogens (tertiary/aromatic N) is 1. The molecule has 0 saturated carbocycles. The summed E-state index contributed by atoms with van der Waals surface area (Å²) in [6.07, 6.45) is -1.05. The topological polar surface area (TPSA) is 63.7 Å². The van der Waals surface area contributed by atoms with Gasteiger partial charge in [0.15, 0.2) is 6.10 Å². The molecule has 1 atom stereocenters. The number of carbonyl (C=O) groups is 1. The van der Waals surface area contributed by atoms with Crippen molar-refractivity contribution in [3.8, 4) is 16.9 Å². The first-order valence-corrected chi connectivity index (χ1v) is 13.2. The Labute approximate surface area is 213 Å². The Morgan fingerprint density at radius 3 is 2.00 bits per heavy atom. The van der Waals surface area contributed by atoms with E-state index in [0.29, 0.717) is 17.0 Å². The first kappa shape index (κ1) is 25.2. The fraction of sp³-hybridized carbons (Fsp3) is 0.167. The number of hydrogen-bond acceptors (Lipinski definition) is 4. The van der Waals surface area contributed by atoms with Gasteiger partial charge in [0, 0.05) is 0 Å². The van der Waals surface area contributed by atoms with E-state index in [1.54, 1.807) is 43.3 Å². The van der Waals surface area contributed by atoms with Gasteiger partial charge in [0.05, 0.1) is 10.6 Å². The number of carbonyl (C=O) groups excluding carboxylic acids is 1.